The van der Waals surface area contributed by atoms with Crippen molar-refractivity contribution >= 4 is 11.8 Å². The van der Waals surface area contributed by atoms with Crippen molar-refractivity contribution in [3.05, 3.63) is 53.1 Å². The third-order valence-electron chi connectivity index (χ3n) is 8.69. The van der Waals surface area contributed by atoms with Crippen LogP contribution >= 0.6 is 0 Å². The van der Waals surface area contributed by atoms with Crippen LogP contribution in [-0.4, -0.2) is 118 Å². The number of piperazine rings is 1. The van der Waals surface area contributed by atoms with Gasteiger partial charge in [0.15, 0.2) is 34.5 Å². The Bertz CT molecular complexity index is 1540. The van der Waals surface area contributed by atoms with Gasteiger partial charge in [0, 0.05) is 24.1 Å². The number of hydrogen-bond donors (Lipinski definition) is 0. The van der Waals surface area contributed by atoms with Crippen molar-refractivity contribution in [2.45, 2.75) is 6.42 Å². The molecule has 13 heteroatoms. The van der Waals surface area contributed by atoms with E-state index < -0.39 is 0 Å². The molecule has 3 aromatic carbocycles. The van der Waals surface area contributed by atoms with Crippen LogP contribution in [0.15, 0.2) is 36.4 Å². The van der Waals surface area contributed by atoms with E-state index in [1.165, 1.54) is 42.7 Å². The van der Waals surface area contributed by atoms with Gasteiger partial charge in [0.25, 0.3) is 5.91 Å². The van der Waals surface area contributed by atoms with Crippen LogP contribution in [0.2, 0.25) is 0 Å². The van der Waals surface area contributed by atoms with Gasteiger partial charge in [-0.1, -0.05) is 0 Å². The average molecular weight is 670 g/mol. The standard InChI is InChI=1S/C35H45N2O11/c1-40-25-16-22(17-26(41-2)31(25)46-7)10-13-37(35(39)24-20-29(44-5)33(48-9)30(21-24)45-6)14-11-36(12-15-37)34(38)23-18-27(42-3)32(47-8)28(19-23)43-4/h16-21H,10-15H2,1-9H3/q+1. The van der Waals surface area contributed by atoms with Gasteiger partial charge in [0.1, 0.15) is 13.1 Å². The van der Waals surface area contributed by atoms with Gasteiger partial charge in [-0.3, -0.25) is 9.28 Å². The monoisotopic (exact) mass is 669 g/mol. The Labute approximate surface area is 281 Å². The number of quaternary nitrogens is 1. The fourth-order valence-corrected chi connectivity index (χ4v) is 6.07. The minimum Gasteiger partial charge on any atom is -0.493 e. The molecule has 4 rings (SSSR count). The lowest BCUT2D eigenvalue weighted by atomic mass is 10.0. The van der Waals surface area contributed by atoms with Crippen molar-refractivity contribution in [2.75, 3.05) is 96.7 Å². The van der Waals surface area contributed by atoms with E-state index in [4.69, 9.17) is 42.6 Å². The lowest BCUT2D eigenvalue weighted by Gasteiger charge is -2.43. The number of amides is 2. The molecule has 1 aliphatic heterocycles. The Morgan fingerprint density at radius 2 is 0.896 bits per heavy atom. The summed E-state index contributed by atoms with van der Waals surface area (Å²) in [6, 6.07) is 10.4. The highest BCUT2D eigenvalue weighted by Gasteiger charge is 2.43. The molecule has 0 aromatic heterocycles. The molecule has 0 atom stereocenters. The average Bonchev–Trinajstić information content (AvgIpc) is 3.14. The summed E-state index contributed by atoms with van der Waals surface area (Å²) in [5, 5.41) is 0. The predicted octanol–water partition coefficient (Wildman–Crippen LogP) is 4.12. The normalized spacial score (nSPS) is 13.6. The minimum atomic E-state index is -0.211. The molecule has 13 nitrogen and oxygen atoms in total. The summed E-state index contributed by atoms with van der Waals surface area (Å²) >= 11 is 0. The molecule has 0 unspecified atom stereocenters. The van der Waals surface area contributed by atoms with Gasteiger partial charge in [-0.15, -0.1) is 0 Å². The Kier molecular flexibility index (Phi) is 11.7. The van der Waals surface area contributed by atoms with E-state index in [2.05, 4.69) is 0 Å². The molecule has 0 radical (unpaired) electrons. The smallest absolute Gasteiger partial charge is 0.346 e. The van der Waals surface area contributed by atoms with Crippen molar-refractivity contribution in [1.82, 2.24) is 4.90 Å². The van der Waals surface area contributed by atoms with Gasteiger partial charge >= 0.3 is 5.91 Å². The molecular formula is C35H45N2O11+. The molecule has 1 heterocycles. The first-order valence-electron chi connectivity index (χ1n) is 15.3. The number of benzene rings is 3. The molecule has 0 aliphatic carbocycles. The van der Waals surface area contributed by atoms with Crippen LogP contribution in [0.4, 0.5) is 0 Å². The van der Waals surface area contributed by atoms with Crippen LogP contribution < -0.4 is 42.6 Å². The number of nitrogens with zero attached hydrogens (tertiary/aromatic N) is 2. The topological polar surface area (TPSA) is 120 Å². The number of rotatable bonds is 14. The number of ether oxygens (including phenoxy) is 9. The van der Waals surface area contributed by atoms with Crippen LogP contribution in [0.1, 0.15) is 26.3 Å². The zero-order valence-electron chi connectivity index (χ0n) is 29.1. The summed E-state index contributed by atoms with van der Waals surface area (Å²) in [5.41, 5.74) is 1.69. The molecule has 3 aromatic rings. The van der Waals surface area contributed by atoms with E-state index in [-0.39, 0.29) is 16.3 Å². The number of carbonyl (C=O) groups is 2. The van der Waals surface area contributed by atoms with Gasteiger partial charge in [-0.25, -0.2) is 4.79 Å². The minimum absolute atomic E-state index is 0.0638. The van der Waals surface area contributed by atoms with Gasteiger partial charge in [0.2, 0.25) is 17.2 Å². The van der Waals surface area contributed by atoms with Crippen LogP contribution in [0.5, 0.6) is 51.7 Å². The maximum Gasteiger partial charge on any atom is 0.346 e. The van der Waals surface area contributed by atoms with Crippen molar-refractivity contribution < 1.29 is 56.7 Å². The molecule has 2 amide bonds. The van der Waals surface area contributed by atoms with Crippen molar-refractivity contribution in [3.8, 4) is 51.7 Å². The highest BCUT2D eigenvalue weighted by molar-refractivity contribution is 5.96. The van der Waals surface area contributed by atoms with Crippen molar-refractivity contribution in [2.24, 2.45) is 0 Å². The summed E-state index contributed by atoms with van der Waals surface area (Å²) in [6.45, 7) is 1.79. The van der Waals surface area contributed by atoms with E-state index in [0.29, 0.717) is 102 Å². The Balaban J connectivity index is 1.70. The highest BCUT2D eigenvalue weighted by atomic mass is 16.5. The van der Waals surface area contributed by atoms with E-state index in [1.54, 1.807) is 50.5 Å². The summed E-state index contributed by atoms with van der Waals surface area (Å²) in [5.74, 6) is 3.48. The first-order chi connectivity index (χ1) is 23.2. The van der Waals surface area contributed by atoms with E-state index >= 15 is 0 Å². The van der Waals surface area contributed by atoms with E-state index in [1.807, 2.05) is 12.1 Å². The molecule has 260 valence electrons. The molecule has 1 aliphatic rings. The molecule has 0 N–H and O–H groups in total. The first-order valence-corrected chi connectivity index (χ1v) is 15.3. The summed E-state index contributed by atoms with van der Waals surface area (Å²) in [4.78, 5) is 30.1. The third kappa shape index (κ3) is 6.96. The van der Waals surface area contributed by atoms with Gasteiger partial charge in [0.05, 0.1) is 89.2 Å². The number of hydrogen-bond acceptors (Lipinski definition) is 11. The highest BCUT2D eigenvalue weighted by Crippen LogP contribution is 2.41. The Morgan fingerprint density at radius 3 is 1.25 bits per heavy atom. The zero-order chi connectivity index (χ0) is 35.0. The second kappa shape index (κ2) is 15.7. The lowest BCUT2D eigenvalue weighted by molar-refractivity contribution is -0.853. The van der Waals surface area contributed by atoms with Crippen LogP contribution in [0, 0.1) is 0 Å². The fourth-order valence-electron chi connectivity index (χ4n) is 6.07. The van der Waals surface area contributed by atoms with Crippen LogP contribution in [-0.2, 0) is 6.42 Å². The van der Waals surface area contributed by atoms with Crippen LogP contribution in [0.3, 0.4) is 0 Å². The lowest BCUT2D eigenvalue weighted by Crippen LogP contribution is -2.63. The Hall–Kier alpha value is -5.04. The van der Waals surface area contributed by atoms with E-state index in [0.717, 1.165) is 5.56 Å². The molecule has 1 fully saturated rings. The zero-order valence-corrected chi connectivity index (χ0v) is 29.1. The number of methoxy groups -OCH3 is 9. The van der Waals surface area contributed by atoms with Gasteiger partial charge < -0.3 is 47.5 Å². The maximum atomic E-state index is 14.6. The SMILES string of the molecule is COc1cc(CC[N+]2(C(=O)c3cc(OC)c(OC)c(OC)c3)CCN(C(=O)c3cc(OC)c(OC)c(OC)c3)CC2)cc(OC)c1OC. The molecule has 1 saturated heterocycles. The Morgan fingerprint density at radius 1 is 0.542 bits per heavy atom. The van der Waals surface area contributed by atoms with Gasteiger partial charge in [-0.2, -0.15) is 0 Å². The second-order valence-corrected chi connectivity index (χ2v) is 11.0. The largest absolute Gasteiger partial charge is 0.493 e. The number of carbonyl (C=O) groups excluding carboxylic acids is 2. The second-order valence-electron chi connectivity index (χ2n) is 11.0. The molecule has 0 bridgehead atoms. The molecule has 0 spiro atoms. The fraction of sp³-hybridized carbons (Fsp3) is 0.429. The summed E-state index contributed by atoms with van der Waals surface area (Å²) in [7, 11) is 13.7. The predicted molar refractivity (Wildman–Crippen MR) is 177 cm³/mol. The maximum absolute atomic E-state index is 14.6. The summed E-state index contributed by atoms with van der Waals surface area (Å²) in [6.07, 6.45) is 0.508. The molecular weight excluding hydrogens is 624 g/mol. The molecule has 0 saturated carbocycles. The molecule has 48 heavy (non-hydrogen) atoms. The summed E-state index contributed by atoms with van der Waals surface area (Å²) < 4.78 is 49.7. The van der Waals surface area contributed by atoms with Crippen LogP contribution in [0.25, 0.3) is 0 Å². The van der Waals surface area contributed by atoms with E-state index in [9.17, 15) is 9.59 Å². The first kappa shape index (κ1) is 35.8. The third-order valence-corrected chi connectivity index (χ3v) is 8.69. The van der Waals surface area contributed by atoms with Crippen molar-refractivity contribution in [1.29, 1.82) is 0 Å². The van der Waals surface area contributed by atoms with Gasteiger partial charge in [-0.05, 0) is 29.8 Å². The quantitative estimate of drug-likeness (QED) is 0.231. The van der Waals surface area contributed by atoms with Crippen molar-refractivity contribution in [3.63, 3.8) is 0 Å².